The topological polar surface area (TPSA) is 94.9 Å². The Labute approximate surface area is 193 Å². The third-order valence-corrected chi connectivity index (χ3v) is 4.74. The van der Waals surface area contributed by atoms with Gasteiger partial charge in [-0.2, -0.15) is 5.10 Å². The molecular weight excluding hydrogens is 497 g/mol. The molecule has 2 aromatic rings. The number of carbonyl (C=O) groups excluding carboxylic acids is 2. The first-order valence-corrected chi connectivity index (χ1v) is 9.63. The van der Waals surface area contributed by atoms with Gasteiger partial charge in [-0.3, -0.25) is 19.3 Å². The van der Waals surface area contributed by atoms with E-state index in [9.17, 15) is 9.59 Å². The first-order valence-electron chi connectivity index (χ1n) is 9.63. The molecule has 0 bridgehead atoms. The van der Waals surface area contributed by atoms with Crippen LogP contribution in [0.25, 0.3) is 0 Å². The zero-order valence-electron chi connectivity index (χ0n) is 17.5. The highest BCUT2D eigenvalue weighted by Crippen LogP contribution is 2.16. The van der Waals surface area contributed by atoms with Gasteiger partial charge in [0, 0.05) is 52.0 Å². The van der Waals surface area contributed by atoms with Gasteiger partial charge in [-0.1, -0.05) is 12.1 Å². The van der Waals surface area contributed by atoms with Crippen molar-refractivity contribution in [1.82, 2.24) is 25.3 Å². The maximum atomic E-state index is 12.6. The minimum Gasteiger partial charge on any atom is -0.352 e. The Morgan fingerprint density at radius 3 is 2.50 bits per heavy atom. The molecule has 0 radical (unpaired) electrons. The normalized spacial score (nSPS) is 14.4. The van der Waals surface area contributed by atoms with Crippen LogP contribution in [-0.4, -0.2) is 65.7 Å². The number of rotatable bonds is 5. The molecule has 30 heavy (non-hydrogen) atoms. The number of aliphatic imine (C=N–C) groups is 1. The monoisotopic (exact) mass is 525 g/mol. The van der Waals surface area contributed by atoms with Crippen LogP contribution in [0.4, 0.5) is 5.69 Å². The van der Waals surface area contributed by atoms with Gasteiger partial charge in [0.25, 0.3) is 5.91 Å². The van der Waals surface area contributed by atoms with Crippen LogP contribution in [0.3, 0.4) is 0 Å². The Hall–Kier alpha value is -2.63. The van der Waals surface area contributed by atoms with Gasteiger partial charge in [-0.25, -0.2) is 0 Å². The smallest absolute Gasteiger partial charge is 0.251 e. The number of carbonyl (C=O) groups is 2. The summed E-state index contributed by atoms with van der Waals surface area (Å²) >= 11 is 0. The molecule has 1 aliphatic heterocycles. The molecule has 1 aliphatic rings. The Morgan fingerprint density at radius 2 is 1.93 bits per heavy atom. The second-order valence-electron chi connectivity index (χ2n) is 6.80. The average molecular weight is 525 g/mol. The van der Waals surface area contributed by atoms with Crippen molar-refractivity contribution in [1.29, 1.82) is 0 Å². The summed E-state index contributed by atoms with van der Waals surface area (Å²) in [5.74, 6) is 0.614. The minimum atomic E-state index is -0.0761. The molecule has 10 heteroatoms. The highest BCUT2D eigenvalue weighted by Gasteiger charge is 2.27. The lowest BCUT2D eigenvalue weighted by molar-refractivity contribution is -0.120. The fourth-order valence-electron chi connectivity index (χ4n) is 3.22. The maximum absolute atomic E-state index is 12.6. The second-order valence-corrected chi connectivity index (χ2v) is 6.80. The molecular formula is C20H28IN7O2. The van der Waals surface area contributed by atoms with E-state index in [4.69, 9.17) is 0 Å². The van der Waals surface area contributed by atoms with Gasteiger partial charge in [0.1, 0.15) is 6.54 Å². The Kier molecular flexibility index (Phi) is 8.63. The molecule has 9 nitrogen and oxygen atoms in total. The molecule has 3 rings (SSSR count). The SMILES string of the molecule is CCNC(=O)c1ccc(CNC(=NC)N2CCN(c3cnn(C)c3)C(=O)C2)cc1.I. The predicted octanol–water partition coefficient (Wildman–Crippen LogP) is 1.21. The number of hydrogen-bond donors (Lipinski definition) is 2. The molecule has 162 valence electrons. The largest absolute Gasteiger partial charge is 0.352 e. The standard InChI is InChI=1S/C20H27N7O2.HI/c1-4-22-19(29)16-7-5-15(6-8-16)11-23-20(21-2)26-9-10-27(18(28)14-26)17-12-24-25(3)13-17;/h5-8,12-13H,4,9-11,14H2,1-3H3,(H,21,23)(H,22,29);1H. The van der Waals surface area contributed by atoms with Gasteiger partial charge >= 0.3 is 0 Å². The molecule has 0 unspecified atom stereocenters. The van der Waals surface area contributed by atoms with E-state index in [2.05, 4.69) is 20.7 Å². The summed E-state index contributed by atoms with van der Waals surface area (Å²) in [4.78, 5) is 32.4. The maximum Gasteiger partial charge on any atom is 0.251 e. The molecule has 0 aliphatic carbocycles. The molecule has 2 N–H and O–H groups in total. The number of nitrogens with zero attached hydrogens (tertiary/aromatic N) is 5. The van der Waals surface area contributed by atoms with Gasteiger partial charge in [0.05, 0.1) is 11.9 Å². The molecule has 0 atom stereocenters. The number of aromatic nitrogens is 2. The zero-order valence-corrected chi connectivity index (χ0v) is 19.8. The van der Waals surface area contributed by atoms with E-state index in [0.717, 1.165) is 11.3 Å². The number of nitrogens with one attached hydrogen (secondary N) is 2. The fraction of sp³-hybridized carbons (Fsp3) is 0.400. The molecule has 0 saturated carbocycles. The third-order valence-electron chi connectivity index (χ3n) is 4.74. The van der Waals surface area contributed by atoms with E-state index in [0.29, 0.717) is 37.7 Å². The lowest BCUT2D eigenvalue weighted by Gasteiger charge is -2.35. The van der Waals surface area contributed by atoms with Gasteiger partial charge in [0.2, 0.25) is 5.91 Å². The highest BCUT2D eigenvalue weighted by atomic mass is 127. The van der Waals surface area contributed by atoms with Crippen molar-refractivity contribution in [3.8, 4) is 0 Å². The van der Waals surface area contributed by atoms with Crippen LogP contribution in [-0.2, 0) is 18.4 Å². The lowest BCUT2D eigenvalue weighted by Crippen LogP contribution is -2.55. The summed E-state index contributed by atoms with van der Waals surface area (Å²) in [6.07, 6.45) is 3.54. The Balaban J connectivity index is 0.00000320. The molecule has 1 aromatic heterocycles. The molecule has 1 aromatic carbocycles. The van der Waals surface area contributed by atoms with Crippen molar-refractivity contribution in [2.45, 2.75) is 13.5 Å². The summed E-state index contributed by atoms with van der Waals surface area (Å²) < 4.78 is 1.69. The van der Waals surface area contributed by atoms with E-state index in [1.807, 2.05) is 37.2 Å². The predicted molar refractivity (Wildman–Crippen MR) is 127 cm³/mol. The quantitative estimate of drug-likeness (QED) is 0.348. The molecule has 1 fully saturated rings. The summed E-state index contributed by atoms with van der Waals surface area (Å²) in [5.41, 5.74) is 2.48. The second kappa shape index (κ2) is 11.0. The van der Waals surface area contributed by atoms with Crippen LogP contribution < -0.4 is 15.5 Å². The van der Waals surface area contributed by atoms with Crippen LogP contribution >= 0.6 is 24.0 Å². The highest BCUT2D eigenvalue weighted by molar-refractivity contribution is 14.0. The van der Waals surface area contributed by atoms with Crippen LogP contribution in [0.5, 0.6) is 0 Å². The van der Waals surface area contributed by atoms with Crippen molar-refractivity contribution in [2.75, 3.05) is 38.1 Å². The van der Waals surface area contributed by atoms with Crippen LogP contribution in [0.15, 0.2) is 41.7 Å². The number of benzene rings is 1. The molecule has 1 saturated heterocycles. The average Bonchev–Trinajstić information content (AvgIpc) is 3.15. The summed E-state index contributed by atoms with van der Waals surface area (Å²) in [6, 6.07) is 7.44. The van der Waals surface area contributed by atoms with Crippen molar-refractivity contribution in [3.05, 3.63) is 47.8 Å². The lowest BCUT2D eigenvalue weighted by atomic mass is 10.1. The minimum absolute atomic E-state index is 0. The van der Waals surface area contributed by atoms with Crippen molar-refractivity contribution < 1.29 is 9.59 Å². The van der Waals surface area contributed by atoms with Gasteiger partial charge in [-0.15, -0.1) is 24.0 Å². The first kappa shape index (κ1) is 23.6. The third kappa shape index (κ3) is 5.71. The zero-order chi connectivity index (χ0) is 20.8. The van der Waals surface area contributed by atoms with E-state index in [1.165, 1.54) is 0 Å². The Bertz CT molecular complexity index is 895. The molecule has 0 spiro atoms. The van der Waals surface area contributed by atoms with Crippen molar-refractivity contribution in [3.63, 3.8) is 0 Å². The van der Waals surface area contributed by atoms with E-state index in [1.54, 1.807) is 35.0 Å². The summed E-state index contributed by atoms with van der Waals surface area (Å²) in [5, 5.41) is 10.2. The molecule has 2 amide bonds. The van der Waals surface area contributed by atoms with Gasteiger partial charge in [0.15, 0.2) is 5.96 Å². The van der Waals surface area contributed by atoms with Gasteiger partial charge < -0.3 is 20.4 Å². The number of anilines is 1. The van der Waals surface area contributed by atoms with Crippen LogP contribution in [0.1, 0.15) is 22.8 Å². The fourth-order valence-corrected chi connectivity index (χ4v) is 3.22. The van der Waals surface area contributed by atoms with E-state index < -0.39 is 0 Å². The number of hydrogen-bond acceptors (Lipinski definition) is 4. The number of aryl methyl sites for hydroxylation is 1. The van der Waals surface area contributed by atoms with E-state index >= 15 is 0 Å². The Morgan fingerprint density at radius 1 is 1.20 bits per heavy atom. The number of piperazine rings is 1. The van der Waals surface area contributed by atoms with Crippen LogP contribution in [0.2, 0.25) is 0 Å². The van der Waals surface area contributed by atoms with Crippen molar-refractivity contribution >= 4 is 47.4 Å². The van der Waals surface area contributed by atoms with Crippen molar-refractivity contribution in [2.24, 2.45) is 12.0 Å². The van der Waals surface area contributed by atoms with Crippen LogP contribution in [0, 0.1) is 0 Å². The van der Waals surface area contributed by atoms with Gasteiger partial charge in [-0.05, 0) is 24.6 Å². The first-order chi connectivity index (χ1) is 14.0. The number of amides is 2. The molecule has 2 heterocycles. The number of guanidine groups is 1. The van der Waals surface area contributed by atoms with E-state index in [-0.39, 0.29) is 42.3 Å². The summed E-state index contributed by atoms with van der Waals surface area (Å²) in [7, 11) is 3.54. The number of halogens is 1. The summed E-state index contributed by atoms with van der Waals surface area (Å²) in [6.45, 7) is 4.56.